The van der Waals surface area contributed by atoms with E-state index in [0.29, 0.717) is 17.6 Å². The highest BCUT2D eigenvalue weighted by atomic mass is 15.3. The summed E-state index contributed by atoms with van der Waals surface area (Å²) in [5.41, 5.74) is 18.9. The van der Waals surface area contributed by atoms with Crippen LogP contribution in [0, 0.1) is 41.5 Å². The Morgan fingerprint density at radius 2 is 0.758 bits per heavy atom. The minimum Gasteiger partial charge on any atom is -0.309 e. The highest BCUT2D eigenvalue weighted by Crippen LogP contribution is 2.45. The van der Waals surface area contributed by atoms with Crippen LogP contribution in [0.5, 0.6) is 0 Å². The van der Waals surface area contributed by atoms with Gasteiger partial charge >= 0.3 is 0 Å². The van der Waals surface area contributed by atoms with Gasteiger partial charge < -0.3 is 4.90 Å². The molecule has 0 saturated carbocycles. The van der Waals surface area contributed by atoms with Crippen molar-refractivity contribution in [1.29, 1.82) is 0 Å². The van der Waals surface area contributed by atoms with Crippen molar-refractivity contribution in [1.82, 2.24) is 15.0 Å². The van der Waals surface area contributed by atoms with Gasteiger partial charge in [0.05, 0.1) is 17.1 Å². The Morgan fingerprint density at radius 3 is 1.29 bits per heavy atom. The highest BCUT2D eigenvalue weighted by molar-refractivity contribution is 5.96. The smallest absolute Gasteiger partial charge is 0.238 e. The summed E-state index contributed by atoms with van der Waals surface area (Å²) < 4.78 is 0. The van der Waals surface area contributed by atoms with Crippen LogP contribution >= 0.6 is 0 Å². The van der Waals surface area contributed by atoms with E-state index in [4.69, 9.17) is 15.0 Å². The van der Waals surface area contributed by atoms with Crippen molar-refractivity contribution < 1.29 is 0 Å². The molecule has 0 bridgehead atoms. The van der Waals surface area contributed by atoms with Crippen molar-refractivity contribution in [3.8, 4) is 45.0 Å². The Labute approximate surface area is 388 Å². The van der Waals surface area contributed by atoms with E-state index in [1.54, 1.807) is 0 Å². The molecule has 10 aromatic rings. The Bertz CT molecular complexity index is 3200. The van der Waals surface area contributed by atoms with Crippen LogP contribution in [0.3, 0.4) is 0 Å². The summed E-state index contributed by atoms with van der Waals surface area (Å²) in [6.45, 7) is 13.2. The number of aromatic nitrogens is 3. The van der Waals surface area contributed by atoms with E-state index in [-0.39, 0.29) is 0 Å². The van der Waals surface area contributed by atoms with Gasteiger partial charge in [0, 0.05) is 22.5 Å². The van der Waals surface area contributed by atoms with Gasteiger partial charge in [0.15, 0.2) is 11.6 Å². The molecule has 0 radical (unpaired) electrons. The van der Waals surface area contributed by atoms with Gasteiger partial charge in [-0.15, -0.1) is 0 Å². The second-order valence-electron chi connectivity index (χ2n) is 17.4. The summed E-state index contributed by atoms with van der Waals surface area (Å²) >= 11 is 0. The maximum Gasteiger partial charge on any atom is 0.238 e. The van der Waals surface area contributed by atoms with E-state index in [0.717, 1.165) is 61.2 Å². The zero-order valence-corrected chi connectivity index (χ0v) is 38.3. The van der Waals surface area contributed by atoms with Crippen LogP contribution in [0.2, 0.25) is 0 Å². The summed E-state index contributed by atoms with van der Waals surface area (Å²) in [5, 5.41) is 2.20. The van der Waals surface area contributed by atoms with Crippen molar-refractivity contribution in [3.63, 3.8) is 0 Å². The number of fused-ring (bicyclic) bond motifs is 1. The lowest BCUT2D eigenvalue weighted by molar-refractivity contribution is 1.02. The van der Waals surface area contributed by atoms with Crippen molar-refractivity contribution in [2.75, 3.05) is 9.80 Å². The molecule has 0 saturated heterocycles. The first-order valence-electron chi connectivity index (χ1n) is 22.6. The van der Waals surface area contributed by atoms with Crippen molar-refractivity contribution >= 4 is 45.2 Å². The molecule has 1 aromatic heterocycles. The highest BCUT2D eigenvalue weighted by Gasteiger charge is 2.25. The zero-order chi connectivity index (χ0) is 45.3. The minimum absolute atomic E-state index is 0.510. The molecule has 10 rings (SSSR count). The number of aryl methyl sites for hydroxylation is 6. The lowest BCUT2D eigenvalue weighted by atomic mass is 9.97. The predicted molar refractivity (Wildman–Crippen MR) is 277 cm³/mol. The number of hydrogen-bond acceptors (Lipinski definition) is 5. The van der Waals surface area contributed by atoms with Gasteiger partial charge in [-0.05, 0) is 139 Å². The van der Waals surface area contributed by atoms with Gasteiger partial charge in [-0.2, -0.15) is 9.97 Å². The second kappa shape index (κ2) is 17.8. The Kier molecular flexibility index (Phi) is 11.3. The average molecular weight is 854 g/mol. The lowest BCUT2D eigenvalue weighted by Crippen LogP contribution is -2.17. The van der Waals surface area contributed by atoms with Gasteiger partial charge in [0.1, 0.15) is 0 Å². The normalized spacial score (nSPS) is 11.2. The van der Waals surface area contributed by atoms with E-state index in [2.05, 4.69) is 233 Å². The van der Waals surface area contributed by atoms with Crippen molar-refractivity contribution in [2.24, 2.45) is 0 Å². The first-order chi connectivity index (χ1) is 32.2. The number of hydrogen-bond donors (Lipinski definition) is 0. The Hall–Kier alpha value is -8.15. The zero-order valence-electron chi connectivity index (χ0n) is 38.3. The van der Waals surface area contributed by atoms with Crippen LogP contribution in [-0.4, -0.2) is 15.0 Å². The predicted octanol–water partition coefficient (Wildman–Crippen LogP) is 16.5. The van der Waals surface area contributed by atoms with Crippen LogP contribution in [0.25, 0.3) is 55.8 Å². The first-order valence-corrected chi connectivity index (χ1v) is 22.6. The molecular weight excluding hydrogens is 803 g/mol. The molecule has 0 fully saturated rings. The van der Waals surface area contributed by atoms with Crippen LogP contribution in [-0.2, 0) is 0 Å². The first kappa shape index (κ1) is 41.8. The Morgan fingerprint density at radius 1 is 0.318 bits per heavy atom. The van der Waals surface area contributed by atoms with E-state index in [9.17, 15) is 0 Å². The van der Waals surface area contributed by atoms with Crippen LogP contribution in [0.4, 0.5) is 34.4 Å². The van der Waals surface area contributed by atoms with Crippen molar-refractivity contribution in [2.45, 2.75) is 41.5 Å². The third-order valence-electron chi connectivity index (χ3n) is 12.4. The molecule has 1 heterocycles. The van der Waals surface area contributed by atoms with Crippen LogP contribution in [0.1, 0.15) is 33.4 Å². The molecule has 0 aliphatic carbocycles. The third-order valence-corrected chi connectivity index (χ3v) is 12.4. The summed E-state index contributed by atoms with van der Waals surface area (Å²) in [4.78, 5) is 20.7. The van der Waals surface area contributed by atoms with Crippen LogP contribution in [0.15, 0.2) is 200 Å². The molecule has 5 nitrogen and oxygen atoms in total. The standard InChI is InChI=1S/C61H51N5/c1-40-33-42(3)57(43(4)34-40)66(58-44(5)35-41(2)36-45(58)6)53-31-29-52(30-32-53)65(54-38-50(46-19-10-7-11-20-46)37-51(39-54)47-21-12-8-13-22-47)61-63-59(49-24-14-9-15-25-49)62-60(64-61)56-28-18-26-48-23-16-17-27-55(48)56/h7-39H,1-6H3. The monoisotopic (exact) mass is 853 g/mol. The maximum absolute atomic E-state index is 5.45. The average Bonchev–Trinajstić information content (AvgIpc) is 3.34. The quantitative estimate of drug-likeness (QED) is 0.137. The number of benzene rings is 9. The van der Waals surface area contributed by atoms with E-state index >= 15 is 0 Å². The molecular formula is C61H51N5. The molecule has 0 atom stereocenters. The van der Waals surface area contributed by atoms with Crippen molar-refractivity contribution in [3.05, 3.63) is 234 Å². The van der Waals surface area contributed by atoms with Gasteiger partial charge in [0.2, 0.25) is 5.95 Å². The minimum atomic E-state index is 0.510. The summed E-state index contributed by atoms with van der Waals surface area (Å²) in [7, 11) is 0. The lowest BCUT2D eigenvalue weighted by Gasteiger charge is -2.32. The largest absolute Gasteiger partial charge is 0.309 e. The molecule has 0 unspecified atom stereocenters. The van der Waals surface area contributed by atoms with Crippen LogP contribution < -0.4 is 9.80 Å². The molecule has 0 amide bonds. The molecule has 9 aromatic carbocycles. The van der Waals surface area contributed by atoms with E-state index < -0.39 is 0 Å². The maximum atomic E-state index is 5.45. The van der Waals surface area contributed by atoms with Gasteiger partial charge in [-0.25, -0.2) is 4.98 Å². The molecule has 0 aliphatic heterocycles. The van der Waals surface area contributed by atoms with Gasteiger partial charge in [-0.1, -0.05) is 169 Å². The second-order valence-corrected chi connectivity index (χ2v) is 17.4. The molecule has 66 heavy (non-hydrogen) atoms. The molecule has 0 spiro atoms. The molecule has 320 valence electrons. The van der Waals surface area contributed by atoms with E-state index in [1.165, 1.54) is 44.8 Å². The fraction of sp³-hybridized carbons (Fsp3) is 0.0984. The number of rotatable bonds is 10. The van der Waals surface area contributed by atoms with E-state index in [1.807, 2.05) is 18.2 Å². The number of anilines is 6. The third kappa shape index (κ3) is 8.23. The molecule has 0 aliphatic rings. The number of nitrogens with zero attached hydrogens (tertiary/aromatic N) is 5. The topological polar surface area (TPSA) is 45.2 Å². The molecule has 0 N–H and O–H groups in total. The van der Waals surface area contributed by atoms with Gasteiger partial charge in [-0.3, -0.25) is 4.90 Å². The fourth-order valence-corrected chi connectivity index (χ4v) is 9.61. The molecule has 5 heteroatoms. The summed E-state index contributed by atoms with van der Waals surface area (Å²) in [6, 6.07) is 70.9. The van der Waals surface area contributed by atoms with Gasteiger partial charge in [0.25, 0.3) is 0 Å². The SMILES string of the molecule is Cc1cc(C)c(N(c2ccc(N(c3cc(-c4ccccc4)cc(-c4ccccc4)c3)c3nc(-c4ccccc4)nc(-c4cccc5ccccc45)n3)cc2)c2c(C)cc(C)cc2C)c(C)c1. The fourth-order valence-electron chi connectivity index (χ4n) is 9.61. The Balaban J connectivity index is 1.24. The summed E-state index contributed by atoms with van der Waals surface area (Å²) in [5.74, 6) is 1.70. The summed E-state index contributed by atoms with van der Waals surface area (Å²) in [6.07, 6.45) is 0.